The van der Waals surface area contributed by atoms with Crippen molar-refractivity contribution in [2.45, 2.75) is 38.8 Å². The lowest BCUT2D eigenvalue weighted by Gasteiger charge is -2.22. The number of carbonyl (C=O) groups excluding carboxylic acids is 1. The second kappa shape index (κ2) is 7.68. The summed E-state index contributed by atoms with van der Waals surface area (Å²) in [5.74, 6) is 1.31. The molecule has 2 amide bonds. The van der Waals surface area contributed by atoms with Crippen LogP contribution in [0.4, 0.5) is 4.79 Å². The molecule has 0 spiro atoms. The molecule has 0 bridgehead atoms. The number of aromatic nitrogens is 2. The lowest BCUT2D eigenvalue weighted by molar-refractivity contribution is 0.203. The van der Waals surface area contributed by atoms with Gasteiger partial charge in [-0.15, -0.1) is 0 Å². The van der Waals surface area contributed by atoms with Crippen LogP contribution in [0.3, 0.4) is 0 Å². The molecule has 0 fully saturated rings. The third-order valence-corrected chi connectivity index (χ3v) is 4.87. The average Bonchev–Trinajstić information content (AvgIpc) is 3.26. The summed E-state index contributed by atoms with van der Waals surface area (Å²) in [4.78, 5) is 14.2. The normalized spacial score (nSPS) is 13.8. The fourth-order valence-electron chi connectivity index (χ4n) is 3.32. The number of rotatable bonds is 6. The Balaban J connectivity index is 1.63. The van der Waals surface area contributed by atoms with Crippen LogP contribution in [0.2, 0.25) is 0 Å². The first-order chi connectivity index (χ1) is 12.5. The van der Waals surface area contributed by atoms with Crippen molar-refractivity contribution in [1.29, 1.82) is 0 Å². The summed E-state index contributed by atoms with van der Waals surface area (Å²) in [6.07, 6.45) is 3.25. The summed E-state index contributed by atoms with van der Waals surface area (Å²) in [5, 5.41) is 10.5. The van der Waals surface area contributed by atoms with Crippen molar-refractivity contribution in [3.63, 3.8) is 0 Å². The zero-order valence-electron chi connectivity index (χ0n) is 15.8. The van der Waals surface area contributed by atoms with Crippen LogP contribution in [0.15, 0.2) is 18.2 Å². The Labute approximate surface area is 153 Å². The highest BCUT2D eigenvalue weighted by Crippen LogP contribution is 2.30. The number of aromatic amines is 1. The topological polar surface area (TPSA) is 79.5 Å². The number of aryl methyl sites for hydroxylation is 1. The van der Waals surface area contributed by atoms with Crippen LogP contribution < -0.4 is 14.8 Å². The van der Waals surface area contributed by atoms with Gasteiger partial charge in [0.2, 0.25) is 0 Å². The highest BCUT2D eigenvalue weighted by molar-refractivity contribution is 5.74. The minimum atomic E-state index is -0.158. The number of nitrogens with one attached hydrogen (secondary N) is 2. The van der Waals surface area contributed by atoms with Gasteiger partial charge in [0.05, 0.1) is 32.5 Å². The zero-order chi connectivity index (χ0) is 18.7. The Morgan fingerprint density at radius 2 is 2.08 bits per heavy atom. The second-order valence-corrected chi connectivity index (χ2v) is 6.62. The van der Waals surface area contributed by atoms with Crippen molar-refractivity contribution in [3.05, 3.63) is 40.7 Å². The number of hydrogen-bond donors (Lipinski definition) is 2. The number of carbonyl (C=O) groups is 1. The molecule has 1 aliphatic carbocycles. The maximum Gasteiger partial charge on any atom is 0.317 e. The van der Waals surface area contributed by atoms with E-state index in [9.17, 15) is 4.79 Å². The number of methoxy groups -OCH3 is 2. The van der Waals surface area contributed by atoms with E-state index < -0.39 is 0 Å². The van der Waals surface area contributed by atoms with Crippen molar-refractivity contribution in [3.8, 4) is 11.5 Å². The van der Waals surface area contributed by atoms with E-state index in [1.807, 2.05) is 25.1 Å². The number of hydrogen-bond acceptors (Lipinski definition) is 4. The molecule has 1 aromatic carbocycles. The Kier molecular flexibility index (Phi) is 5.35. The number of nitrogens with zero attached hydrogens (tertiary/aromatic N) is 2. The molecule has 26 heavy (non-hydrogen) atoms. The van der Waals surface area contributed by atoms with Gasteiger partial charge in [-0.05, 0) is 49.4 Å². The molecule has 0 saturated carbocycles. The lowest BCUT2D eigenvalue weighted by Crippen LogP contribution is -2.38. The van der Waals surface area contributed by atoms with E-state index in [-0.39, 0.29) is 12.1 Å². The zero-order valence-corrected chi connectivity index (χ0v) is 15.8. The average molecular weight is 358 g/mol. The van der Waals surface area contributed by atoms with Gasteiger partial charge >= 0.3 is 6.03 Å². The molecule has 3 rings (SSSR count). The van der Waals surface area contributed by atoms with Crippen LogP contribution >= 0.6 is 0 Å². The van der Waals surface area contributed by atoms with Gasteiger partial charge < -0.3 is 19.7 Å². The Hall–Kier alpha value is -2.70. The van der Waals surface area contributed by atoms with Gasteiger partial charge in [0.1, 0.15) is 0 Å². The van der Waals surface area contributed by atoms with E-state index in [4.69, 9.17) is 9.47 Å². The van der Waals surface area contributed by atoms with Crippen LogP contribution in [-0.4, -0.2) is 42.4 Å². The van der Waals surface area contributed by atoms with E-state index >= 15 is 0 Å². The lowest BCUT2D eigenvalue weighted by atomic mass is 10.1. The molecule has 1 heterocycles. The van der Waals surface area contributed by atoms with E-state index in [0.29, 0.717) is 18.0 Å². The molecular weight excluding hydrogens is 332 g/mol. The first-order valence-corrected chi connectivity index (χ1v) is 8.82. The van der Waals surface area contributed by atoms with Crippen molar-refractivity contribution in [2.75, 3.05) is 21.3 Å². The van der Waals surface area contributed by atoms with E-state index in [1.165, 1.54) is 11.3 Å². The number of ether oxygens (including phenoxy) is 2. The number of benzene rings is 1. The Morgan fingerprint density at radius 3 is 2.81 bits per heavy atom. The summed E-state index contributed by atoms with van der Waals surface area (Å²) < 4.78 is 10.6. The molecule has 1 aliphatic rings. The molecule has 0 saturated heterocycles. The molecule has 1 atom stereocenters. The van der Waals surface area contributed by atoms with Crippen molar-refractivity contribution < 1.29 is 14.3 Å². The third-order valence-electron chi connectivity index (χ3n) is 4.87. The highest BCUT2D eigenvalue weighted by Gasteiger charge is 2.21. The molecule has 0 radical (unpaired) electrons. The summed E-state index contributed by atoms with van der Waals surface area (Å²) in [7, 11) is 4.98. The van der Waals surface area contributed by atoms with Gasteiger partial charge in [0.15, 0.2) is 11.5 Å². The third kappa shape index (κ3) is 3.61. The van der Waals surface area contributed by atoms with Gasteiger partial charge in [0, 0.05) is 12.7 Å². The highest BCUT2D eigenvalue weighted by atomic mass is 16.5. The number of urea groups is 1. The fraction of sp³-hybridized carbons (Fsp3) is 0.474. The first kappa shape index (κ1) is 18.1. The predicted molar refractivity (Wildman–Crippen MR) is 98.6 cm³/mol. The standard InChI is InChI=1S/C19H26N4O3/c1-12(13-8-9-17(25-3)18(10-13)26-4)20-19(24)23(2)11-16-14-6-5-7-15(14)21-22-16/h8-10,12H,5-7,11H2,1-4H3,(H,20,24)(H,21,22). The van der Waals surface area contributed by atoms with Crippen LogP contribution in [0, 0.1) is 0 Å². The monoisotopic (exact) mass is 358 g/mol. The van der Waals surface area contributed by atoms with Crippen LogP contribution in [0.5, 0.6) is 11.5 Å². The Bertz CT molecular complexity index is 787. The predicted octanol–water partition coefficient (Wildman–Crippen LogP) is 2.82. The van der Waals surface area contributed by atoms with Gasteiger partial charge in [-0.2, -0.15) is 5.10 Å². The maximum absolute atomic E-state index is 12.6. The van der Waals surface area contributed by atoms with E-state index in [1.54, 1.807) is 26.2 Å². The number of amides is 2. The smallest absolute Gasteiger partial charge is 0.317 e. The molecule has 1 unspecified atom stereocenters. The summed E-state index contributed by atoms with van der Waals surface area (Å²) in [6.45, 7) is 2.44. The number of H-pyrrole nitrogens is 1. The molecule has 1 aromatic heterocycles. The van der Waals surface area contributed by atoms with E-state index in [2.05, 4.69) is 15.5 Å². The summed E-state index contributed by atoms with van der Waals surface area (Å²) in [6, 6.07) is 5.35. The van der Waals surface area contributed by atoms with Crippen LogP contribution in [0.25, 0.3) is 0 Å². The Morgan fingerprint density at radius 1 is 1.31 bits per heavy atom. The summed E-state index contributed by atoms with van der Waals surface area (Å²) in [5.41, 5.74) is 4.41. The van der Waals surface area contributed by atoms with E-state index in [0.717, 1.165) is 30.5 Å². The SMILES string of the molecule is COc1ccc(C(C)NC(=O)N(C)Cc2n[nH]c3c2CCC3)cc1OC. The molecular formula is C19H26N4O3. The van der Waals surface area contributed by atoms with Gasteiger partial charge in [-0.1, -0.05) is 6.07 Å². The van der Waals surface area contributed by atoms with Crippen molar-refractivity contribution in [1.82, 2.24) is 20.4 Å². The minimum absolute atomic E-state index is 0.137. The molecule has 7 nitrogen and oxygen atoms in total. The largest absolute Gasteiger partial charge is 0.493 e. The van der Waals surface area contributed by atoms with Gasteiger partial charge in [0.25, 0.3) is 0 Å². The summed E-state index contributed by atoms with van der Waals surface area (Å²) >= 11 is 0. The molecule has 2 N–H and O–H groups in total. The minimum Gasteiger partial charge on any atom is -0.493 e. The number of fused-ring (bicyclic) bond motifs is 1. The molecule has 7 heteroatoms. The first-order valence-electron chi connectivity index (χ1n) is 8.82. The van der Waals surface area contributed by atoms with Crippen molar-refractivity contribution in [2.24, 2.45) is 0 Å². The van der Waals surface area contributed by atoms with Crippen LogP contribution in [-0.2, 0) is 19.4 Å². The fourth-order valence-corrected chi connectivity index (χ4v) is 3.32. The van der Waals surface area contributed by atoms with Gasteiger partial charge in [-0.25, -0.2) is 4.79 Å². The van der Waals surface area contributed by atoms with Gasteiger partial charge in [-0.3, -0.25) is 5.10 Å². The quantitative estimate of drug-likeness (QED) is 0.832. The van der Waals surface area contributed by atoms with Crippen molar-refractivity contribution >= 4 is 6.03 Å². The second-order valence-electron chi connectivity index (χ2n) is 6.62. The molecule has 140 valence electrons. The molecule has 2 aromatic rings. The van der Waals surface area contributed by atoms with Crippen LogP contribution in [0.1, 0.15) is 41.9 Å². The molecule has 0 aliphatic heterocycles. The maximum atomic E-state index is 12.6.